The van der Waals surface area contributed by atoms with E-state index in [9.17, 15) is 0 Å². The first-order valence-electron chi connectivity index (χ1n) is 16.7. The van der Waals surface area contributed by atoms with E-state index in [0.29, 0.717) is 6.54 Å². The summed E-state index contributed by atoms with van der Waals surface area (Å²) in [6.45, 7) is 0.686. The normalized spacial score (nSPS) is 25.8. The average molecular weight is 672 g/mol. The summed E-state index contributed by atoms with van der Waals surface area (Å²) in [4.78, 5) is 5.92. The van der Waals surface area contributed by atoms with Gasteiger partial charge in [0.2, 0.25) is 7.51 Å². The molecule has 2 spiro atoms. The van der Waals surface area contributed by atoms with E-state index in [4.69, 9.17) is 9.37 Å². The maximum atomic E-state index is 6.24. The van der Waals surface area contributed by atoms with Crippen molar-refractivity contribution in [3.8, 4) is 0 Å². The molecule has 0 radical (unpaired) electrons. The molecule has 48 heavy (non-hydrogen) atoms. The van der Waals surface area contributed by atoms with Gasteiger partial charge in [-0.2, -0.15) is 9.37 Å². The SMILES string of the molecule is CN1[C@@H](c2ccccc2)[C@H](c2ccccc2)N(C)P12=NN(Cc1ccccc1)P1(=N2)N(C)[C@@H](c2ccccc2)[C@H](c2ccccc2)N1C. The van der Waals surface area contributed by atoms with Crippen molar-refractivity contribution in [3.05, 3.63) is 179 Å². The van der Waals surface area contributed by atoms with Crippen LogP contribution in [0.2, 0.25) is 0 Å². The number of hydrogen-bond donors (Lipinski definition) is 0. The molecule has 4 atom stereocenters. The maximum Gasteiger partial charge on any atom is 0.231 e. The lowest BCUT2D eigenvalue weighted by Gasteiger charge is -2.36. The Morgan fingerprint density at radius 1 is 0.438 bits per heavy atom. The maximum absolute atomic E-state index is 6.24. The highest BCUT2D eigenvalue weighted by molar-refractivity contribution is 7.73. The molecule has 3 aliphatic rings. The van der Waals surface area contributed by atoms with E-state index in [2.05, 4.69) is 203 Å². The van der Waals surface area contributed by atoms with Crippen LogP contribution in [-0.4, -0.2) is 51.7 Å². The van der Waals surface area contributed by atoms with Gasteiger partial charge in [-0.15, -0.1) is 4.78 Å². The number of benzene rings is 5. The van der Waals surface area contributed by atoms with E-state index < -0.39 is 15.0 Å². The zero-order valence-electron chi connectivity index (χ0n) is 28.0. The van der Waals surface area contributed by atoms with Crippen molar-refractivity contribution in [3.63, 3.8) is 0 Å². The third-order valence-electron chi connectivity index (χ3n) is 10.4. The van der Waals surface area contributed by atoms with Gasteiger partial charge in [-0.25, -0.2) is 18.7 Å². The van der Waals surface area contributed by atoms with Crippen molar-refractivity contribution in [2.24, 2.45) is 9.37 Å². The van der Waals surface area contributed by atoms with Gasteiger partial charge in [-0.3, -0.25) is 0 Å². The van der Waals surface area contributed by atoms with Crippen molar-refractivity contribution in [1.29, 1.82) is 0 Å². The van der Waals surface area contributed by atoms with Crippen LogP contribution >= 0.6 is 15.0 Å². The van der Waals surface area contributed by atoms with Crippen molar-refractivity contribution in [1.82, 2.24) is 23.5 Å². The Kier molecular flexibility index (Phi) is 8.35. The predicted molar refractivity (Wildman–Crippen MR) is 198 cm³/mol. The third-order valence-corrected chi connectivity index (χ3v) is 18.2. The number of nitrogens with zero attached hydrogens (tertiary/aromatic N) is 7. The zero-order chi connectivity index (χ0) is 32.9. The minimum Gasteiger partial charge on any atom is -0.238 e. The first-order chi connectivity index (χ1) is 23.5. The van der Waals surface area contributed by atoms with Gasteiger partial charge in [0.15, 0.2) is 7.51 Å². The largest absolute Gasteiger partial charge is 0.238 e. The topological polar surface area (TPSA) is 40.9 Å². The Hall–Kier alpha value is -3.64. The average Bonchev–Trinajstić information content (AvgIpc) is 3.68. The Balaban J connectivity index is 1.37. The molecule has 5 aromatic carbocycles. The molecule has 3 heterocycles. The van der Waals surface area contributed by atoms with Crippen LogP contribution < -0.4 is 0 Å². The third kappa shape index (κ3) is 4.92. The van der Waals surface area contributed by atoms with Gasteiger partial charge in [0, 0.05) is 0 Å². The molecule has 0 bridgehead atoms. The number of hydrogen-bond acceptors (Lipinski definition) is 7. The molecule has 2 saturated heterocycles. The van der Waals surface area contributed by atoms with Gasteiger partial charge in [0.1, 0.15) is 0 Å². The van der Waals surface area contributed by atoms with Crippen LogP contribution in [0.3, 0.4) is 0 Å². The standard InChI is InChI=1S/C39H43N7P2/c1-42-36(32-22-12-6-13-23-32)37(33-24-14-7-15-25-33)43(2)47(42)40-46(30-31-20-10-5-11-21-31)48(41-47)44(3)38(34-26-16-8-17-27-34)39(45(48)4)35-28-18-9-19-29-35/h5-29,36-39H,30H2,1-4H3/t36-,37-,38-,39-/m0/s1. The summed E-state index contributed by atoms with van der Waals surface area (Å²) in [5.41, 5.74) is 6.40. The highest BCUT2D eigenvalue weighted by Gasteiger charge is 2.62. The molecule has 244 valence electrons. The second-order valence-electron chi connectivity index (χ2n) is 13.0. The molecule has 0 aliphatic carbocycles. The van der Waals surface area contributed by atoms with Crippen LogP contribution in [0.1, 0.15) is 52.0 Å². The van der Waals surface area contributed by atoms with E-state index in [0.717, 1.165) is 0 Å². The molecule has 0 aromatic heterocycles. The monoisotopic (exact) mass is 671 g/mol. The van der Waals surface area contributed by atoms with Gasteiger partial charge >= 0.3 is 0 Å². The predicted octanol–water partition coefficient (Wildman–Crippen LogP) is 10.0. The van der Waals surface area contributed by atoms with Crippen LogP contribution in [0.15, 0.2) is 161 Å². The van der Waals surface area contributed by atoms with Gasteiger partial charge in [-0.05, 0) is 56.0 Å². The molecule has 0 unspecified atom stereocenters. The molecule has 0 N–H and O–H groups in total. The van der Waals surface area contributed by atoms with Crippen molar-refractivity contribution in [2.45, 2.75) is 30.7 Å². The molecule has 9 heteroatoms. The highest BCUT2D eigenvalue weighted by atomic mass is 31.2. The van der Waals surface area contributed by atoms with Gasteiger partial charge in [0.25, 0.3) is 0 Å². The molecular formula is C39H43N7P2. The smallest absolute Gasteiger partial charge is 0.231 e. The fourth-order valence-electron chi connectivity index (χ4n) is 8.12. The summed E-state index contributed by atoms with van der Waals surface area (Å²) in [6, 6.07) is 55.0. The Labute approximate surface area is 285 Å². The van der Waals surface area contributed by atoms with Crippen LogP contribution in [0.25, 0.3) is 0 Å². The molecule has 3 aliphatic heterocycles. The number of likely N-dealkylation sites (N-methyl/N-ethyl adjacent to an activating group) is 4. The first-order valence-corrected chi connectivity index (χ1v) is 19.9. The first kappa shape index (κ1) is 31.6. The van der Waals surface area contributed by atoms with E-state index in [1.807, 2.05) is 0 Å². The summed E-state index contributed by atoms with van der Waals surface area (Å²) in [5.74, 6) is 0. The van der Waals surface area contributed by atoms with Crippen molar-refractivity contribution >= 4 is 15.0 Å². The van der Waals surface area contributed by atoms with E-state index >= 15 is 0 Å². The van der Waals surface area contributed by atoms with Crippen molar-refractivity contribution in [2.75, 3.05) is 28.2 Å². The fraction of sp³-hybridized carbons (Fsp3) is 0.231. The van der Waals surface area contributed by atoms with E-state index in [-0.39, 0.29) is 24.2 Å². The molecular weight excluding hydrogens is 628 g/mol. The van der Waals surface area contributed by atoms with Gasteiger partial charge in [0.05, 0.1) is 30.7 Å². The summed E-state index contributed by atoms with van der Waals surface area (Å²) >= 11 is 0. The van der Waals surface area contributed by atoms with Crippen LogP contribution in [0.4, 0.5) is 0 Å². The lowest BCUT2D eigenvalue weighted by molar-refractivity contribution is 0.316. The van der Waals surface area contributed by atoms with Crippen molar-refractivity contribution < 1.29 is 0 Å². The molecule has 7 nitrogen and oxygen atoms in total. The molecule has 5 aromatic rings. The summed E-state index contributed by atoms with van der Waals surface area (Å²) in [7, 11) is 3.88. The van der Waals surface area contributed by atoms with Crippen LogP contribution in [0, 0.1) is 0 Å². The Bertz CT molecular complexity index is 1870. The minimum absolute atomic E-state index is 0.0872. The molecule has 2 fully saturated rings. The molecule has 8 rings (SSSR count). The Morgan fingerprint density at radius 2 is 0.750 bits per heavy atom. The summed E-state index contributed by atoms with van der Waals surface area (Å²) < 4.78 is 18.9. The van der Waals surface area contributed by atoms with E-state index in [1.54, 1.807) is 0 Å². The minimum atomic E-state index is -2.63. The van der Waals surface area contributed by atoms with Gasteiger partial charge < -0.3 is 0 Å². The van der Waals surface area contributed by atoms with E-state index in [1.165, 1.54) is 27.8 Å². The van der Waals surface area contributed by atoms with Gasteiger partial charge in [-0.1, -0.05) is 152 Å². The Morgan fingerprint density at radius 3 is 1.10 bits per heavy atom. The zero-order valence-corrected chi connectivity index (χ0v) is 29.8. The lowest BCUT2D eigenvalue weighted by Crippen LogP contribution is -2.26. The molecule has 0 amide bonds. The van der Waals surface area contributed by atoms with Crippen LogP contribution in [-0.2, 0) is 6.54 Å². The fourth-order valence-corrected chi connectivity index (χ4v) is 17.5. The van der Waals surface area contributed by atoms with Crippen LogP contribution in [0.5, 0.6) is 0 Å². The highest BCUT2D eigenvalue weighted by Crippen LogP contribution is 2.85. The summed E-state index contributed by atoms with van der Waals surface area (Å²) in [6.07, 6.45) is 0. The second-order valence-corrected chi connectivity index (χ2v) is 19.0. The molecule has 0 saturated carbocycles. The second kappa shape index (κ2) is 12.7. The quantitative estimate of drug-likeness (QED) is 0.168. The summed E-state index contributed by atoms with van der Waals surface area (Å²) in [5, 5.41) is 0. The number of rotatable bonds is 6. The lowest BCUT2D eigenvalue weighted by atomic mass is 9.93.